The van der Waals surface area contributed by atoms with Gasteiger partial charge in [-0.1, -0.05) is 37.3 Å². The van der Waals surface area contributed by atoms with E-state index in [0.717, 1.165) is 17.5 Å². The molecule has 0 bridgehead atoms. The number of ether oxygens (including phenoxy) is 2. The van der Waals surface area contributed by atoms with Crippen LogP contribution >= 0.6 is 0 Å². The Morgan fingerprint density at radius 1 is 1.00 bits per heavy atom. The van der Waals surface area contributed by atoms with Gasteiger partial charge < -0.3 is 14.8 Å². The highest BCUT2D eigenvalue weighted by molar-refractivity contribution is 6.39. The zero-order chi connectivity index (χ0) is 23.6. The Morgan fingerprint density at radius 2 is 1.76 bits per heavy atom. The van der Waals surface area contributed by atoms with E-state index in [2.05, 4.69) is 15.8 Å². The number of anilines is 1. The van der Waals surface area contributed by atoms with Gasteiger partial charge >= 0.3 is 11.8 Å². The first-order valence-corrected chi connectivity index (χ1v) is 10.3. The molecule has 8 heteroatoms. The molecule has 0 unspecified atom stereocenters. The second-order valence-corrected chi connectivity index (χ2v) is 6.99. The van der Waals surface area contributed by atoms with E-state index in [1.807, 2.05) is 19.1 Å². The second-order valence-electron chi connectivity index (χ2n) is 6.99. The first-order chi connectivity index (χ1) is 16.0. The van der Waals surface area contributed by atoms with Crippen molar-refractivity contribution in [2.75, 3.05) is 12.4 Å². The highest BCUT2D eigenvalue weighted by Gasteiger charge is 2.14. The van der Waals surface area contributed by atoms with Crippen LogP contribution in [-0.2, 0) is 22.6 Å². The van der Waals surface area contributed by atoms with Crippen LogP contribution in [0.1, 0.15) is 23.6 Å². The number of nitrogens with one attached hydrogen (secondary N) is 2. The molecule has 2 N–H and O–H groups in total. The van der Waals surface area contributed by atoms with E-state index < -0.39 is 11.8 Å². The number of nitrogens with zero attached hydrogens (tertiary/aromatic N) is 1. The predicted octanol–water partition coefficient (Wildman–Crippen LogP) is 4.06. The largest absolute Gasteiger partial charge is 0.493 e. The maximum atomic E-state index is 13.0. The molecule has 0 radical (unpaired) electrons. The van der Waals surface area contributed by atoms with Crippen molar-refractivity contribution in [3.63, 3.8) is 0 Å². The number of hydrogen-bond acceptors (Lipinski definition) is 5. The van der Waals surface area contributed by atoms with Crippen LogP contribution in [0.15, 0.2) is 71.8 Å². The Labute approximate surface area is 191 Å². The lowest BCUT2D eigenvalue weighted by atomic mass is 10.1. The molecule has 0 aliphatic heterocycles. The third kappa shape index (κ3) is 6.64. The van der Waals surface area contributed by atoms with Crippen molar-refractivity contribution < 1.29 is 23.5 Å². The molecule has 3 aromatic rings. The molecule has 0 saturated heterocycles. The van der Waals surface area contributed by atoms with Crippen LogP contribution < -0.4 is 20.2 Å². The van der Waals surface area contributed by atoms with Crippen LogP contribution in [0.4, 0.5) is 10.1 Å². The quantitative estimate of drug-likeness (QED) is 0.308. The molecule has 3 rings (SSSR count). The molecular weight excluding hydrogens is 425 g/mol. The number of halogens is 1. The highest BCUT2D eigenvalue weighted by Crippen LogP contribution is 2.28. The van der Waals surface area contributed by atoms with Crippen LogP contribution in [0.5, 0.6) is 11.5 Å². The lowest BCUT2D eigenvalue weighted by Gasteiger charge is -2.11. The smallest absolute Gasteiger partial charge is 0.329 e. The van der Waals surface area contributed by atoms with Gasteiger partial charge in [-0.05, 0) is 59.5 Å². The second kappa shape index (κ2) is 11.4. The van der Waals surface area contributed by atoms with E-state index in [1.165, 1.54) is 25.5 Å². The van der Waals surface area contributed by atoms with Crippen molar-refractivity contribution in [2.24, 2.45) is 5.10 Å². The molecular formula is C25H24FN3O4. The average molecular weight is 449 g/mol. The Morgan fingerprint density at radius 3 is 2.48 bits per heavy atom. The van der Waals surface area contributed by atoms with Crippen molar-refractivity contribution in [1.82, 2.24) is 5.43 Å². The maximum Gasteiger partial charge on any atom is 0.329 e. The summed E-state index contributed by atoms with van der Waals surface area (Å²) in [6.45, 7) is 2.21. The van der Waals surface area contributed by atoms with Crippen molar-refractivity contribution in [2.45, 2.75) is 20.0 Å². The molecule has 3 aromatic carbocycles. The zero-order valence-electron chi connectivity index (χ0n) is 18.3. The summed E-state index contributed by atoms with van der Waals surface area (Å²) in [7, 11) is 1.50. The number of hydrogen-bond donors (Lipinski definition) is 2. The summed E-state index contributed by atoms with van der Waals surface area (Å²) in [6.07, 6.45) is 2.11. The molecule has 0 atom stereocenters. The SMILES string of the molecule is CCc1ccccc1NC(=O)C(=O)N/N=C\c1ccc(OCc2ccc(F)cc2)c(OC)c1. The van der Waals surface area contributed by atoms with Crippen molar-refractivity contribution in [3.8, 4) is 11.5 Å². The number of aryl methyl sites for hydroxylation is 1. The fraction of sp³-hybridized carbons (Fsp3) is 0.160. The van der Waals surface area contributed by atoms with Crippen molar-refractivity contribution in [3.05, 3.63) is 89.2 Å². The summed E-state index contributed by atoms with van der Waals surface area (Å²) in [5.74, 6) is -1.05. The fourth-order valence-corrected chi connectivity index (χ4v) is 2.97. The van der Waals surface area contributed by atoms with Crippen LogP contribution in [0.3, 0.4) is 0 Å². The van der Waals surface area contributed by atoms with Crippen molar-refractivity contribution in [1.29, 1.82) is 0 Å². The van der Waals surface area contributed by atoms with Gasteiger partial charge in [0.15, 0.2) is 11.5 Å². The molecule has 0 saturated carbocycles. The van der Waals surface area contributed by atoms with Gasteiger partial charge in [0.05, 0.1) is 13.3 Å². The first-order valence-electron chi connectivity index (χ1n) is 10.3. The van der Waals surface area contributed by atoms with E-state index in [4.69, 9.17) is 9.47 Å². The van der Waals surface area contributed by atoms with E-state index in [-0.39, 0.29) is 12.4 Å². The molecule has 170 valence electrons. The van der Waals surface area contributed by atoms with Crippen molar-refractivity contribution >= 4 is 23.7 Å². The number of hydrazone groups is 1. The lowest BCUT2D eigenvalue weighted by molar-refractivity contribution is -0.136. The molecule has 0 aliphatic carbocycles. The molecule has 2 amide bonds. The Kier molecular flexibility index (Phi) is 8.13. The van der Waals surface area contributed by atoms with Gasteiger partial charge in [-0.15, -0.1) is 0 Å². The van der Waals surface area contributed by atoms with Gasteiger partial charge in [0.25, 0.3) is 0 Å². The number of amides is 2. The van der Waals surface area contributed by atoms with Crippen LogP contribution in [0, 0.1) is 5.82 Å². The molecule has 0 aromatic heterocycles. The Hall–Kier alpha value is -4.20. The van der Waals surface area contributed by atoms with E-state index in [0.29, 0.717) is 22.7 Å². The summed E-state index contributed by atoms with van der Waals surface area (Å²) in [6, 6.07) is 18.4. The number of carbonyl (C=O) groups excluding carboxylic acids is 2. The van der Waals surface area contributed by atoms with E-state index in [1.54, 1.807) is 42.5 Å². The average Bonchev–Trinajstić information content (AvgIpc) is 2.84. The summed E-state index contributed by atoms with van der Waals surface area (Å²) < 4.78 is 24.1. The fourth-order valence-electron chi connectivity index (χ4n) is 2.97. The topological polar surface area (TPSA) is 89.0 Å². The summed E-state index contributed by atoms with van der Waals surface area (Å²) in [4.78, 5) is 24.2. The van der Waals surface area contributed by atoms with Gasteiger partial charge in [0, 0.05) is 5.69 Å². The van der Waals surface area contributed by atoms with Crippen LogP contribution in [0.2, 0.25) is 0 Å². The molecule has 7 nitrogen and oxygen atoms in total. The van der Waals surface area contributed by atoms with Gasteiger partial charge in [-0.25, -0.2) is 9.82 Å². The van der Waals surface area contributed by atoms with Crippen LogP contribution in [0.25, 0.3) is 0 Å². The van der Waals surface area contributed by atoms with Gasteiger partial charge in [-0.2, -0.15) is 5.10 Å². The van der Waals surface area contributed by atoms with Gasteiger partial charge in [-0.3, -0.25) is 9.59 Å². The first kappa shape index (κ1) is 23.5. The normalized spacial score (nSPS) is 10.6. The maximum absolute atomic E-state index is 13.0. The highest BCUT2D eigenvalue weighted by atomic mass is 19.1. The summed E-state index contributed by atoms with van der Waals surface area (Å²) >= 11 is 0. The number of methoxy groups -OCH3 is 1. The monoisotopic (exact) mass is 449 g/mol. The molecule has 33 heavy (non-hydrogen) atoms. The van der Waals surface area contributed by atoms with Gasteiger partial charge in [0.1, 0.15) is 12.4 Å². The number of rotatable bonds is 8. The predicted molar refractivity (Wildman–Crippen MR) is 124 cm³/mol. The minimum absolute atomic E-state index is 0.246. The minimum Gasteiger partial charge on any atom is -0.493 e. The molecule has 0 spiro atoms. The van der Waals surface area contributed by atoms with Gasteiger partial charge in [0.2, 0.25) is 0 Å². The lowest BCUT2D eigenvalue weighted by Crippen LogP contribution is -2.32. The number of carbonyl (C=O) groups is 2. The Balaban J connectivity index is 1.57. The summed E-state index contributed by atoms with van der Waals surface area (Å²) in [5, 5.41) is 6.42. The zero-order valence-corrected chi connectivity index (χ0v) is 18.3. The minimum atomic E-state index is -0.886. The Bertz CT molecular complexity index is 1150. The summed E-state index contributed by atoms with van der Waals surface area (Å²) in [5.41, 5.74) is 5.16. The van der Waals surface area contributed by atoms with E-state index in [9.17, 15) is 14.0 Å². The standard InChI is InChI=1S/C25H24FN3O4/c1-3-19-6-4-5-7-21(19)28-24(30)25(31)29-27-15-18-10-13-22(23(14-18)32-2)33-16-17-8-11-20(26)12-9-17/h4-15H,3,16H2,1-2H3,(H,28,30)(H,29,31)/b27-15-. The van der Waals surface area contributed by atoms with Crippen LogP contribution in [-0.4, -0.2) is 25.1 Å². The molecule has 0 heterocycles. The third-order valence-corrected chi connectivity index (χ3v) is 4.73. The van der Waals surface area contributed by atoms with E-state index >= 15 is 0 Å². The number of para-hydroxylation sites is 1. The molecule has 0 aliphatic rings. The molecule has 0 fully saturated rings. The number of benzene rings is 3. The third-order valence-electron chi connectivity index (χ3n) is 4.73.